The number of carbonyl (C=O) groups is 1. The van der Waals surface area contributed by atoms with Gasteiger partial charge in [0.05, 0.1) is 0 Å². The molecule has 0 saturated heterocycles. The van der Waals surface area contributed by atoms with Crippen molar-refractivity contribution in [1.82, 2.24) is 0 Å². The van der Waals surface area contributed by atoms with E-state index in [1.807, 2.05) is 6.92 Å². The topological polar surface area (TPSA) is 17.1 Å². The van der Waals surface area contributed by atoms with Crippen molar-refractivity contribution in [2.75, 3.05) is 0 Å². The van der Waals surface area contributed by atoms with Crippen LogP contribution in [0, 0.1) is 52.8 Å². The summed E-state index contributed by atoms with van der Waals surface area (Å²) in [5, 5.41) is 0. The van der Waals surface area contributed by atoms with E-state index < -0.39 is 0 Å². The molecule has 8 atom stereocenters. The summed E-state index contributed by atoms with van der Waals surface area (Å²) in [5.41, 5.74) is 1.62. The van der Waals surface area contributed by atoms with E-state index in [0.717, 1.165) is 47.5 Å². The van der Waals surface area contributed by atoms with E-state index in [-0.39, 0.29) is 0 Å². The third kappa shape index (κ3) is 1.79. The molecular weight excluding hydrogens is 256 g/mol. The van der Waals surface area contributed by atoms with Crippen molar-refractivity contribution >= 4 is 5.78 Å². The van der Waals surface area contributed by atoms with Crippen molar-refractivity contribution < 1.29 is 4.79 Å². The number of Topliss-reactive ketones (excluding diaryl/α,β-unsaturated/α-hetero) is 1. The monoisotopic (exact) mass is 286 g/mol. The summed E-state index contributed by atoms with van der Waals surface area (Å²) in [7, 11) is 0. The highest BCUT2D eigenvalue weighted by molar-refractivity contribution is 5.99. The second-order valence-corrected chi connectivity index (χ2v) is 9.38. The van der Waals surface area contributed by atoms with Gasteiger partial charge >= 0.3 is 0 Å². The van der Waals surface area contributed by atoms with Crippen LogP contribution in [0.3, 0.4) is 0 Å². The van der Waals surface area contributed by atoms with E-state index in [1.54, 1.807) is 0 Å². The van der Waals surface area contributed by atoms with Crippen LogP contribution in [0.15, 0.2) is 11.6 Å². The van der Waals surface area contributed by atoms with E-state index in [9.17, 15) is 4.79 Å². The van der Waals surface area contributed by atoms with Crippen molar-refractivity contribution in [2.24, 2.45) is 52.8 Å². The fraction of sp³-hybridized carbons (Fsp3) is 0.850. The molecule has 0 unspecified atom stereocenters. The van der Waals surface area contributed by atoms with Crippen molar-refractivity contribution in [3.8, 4) is 0 Å². The molecule has 4 aliphatic rings. The maximum Gasteiger partial charge on any atom is 0.161 e. The minimum absolute atomic E-state index is 0.316. The Hall–Kier alpha value is -0.590. The standard InChI is InChI=1S/C20H30O/c1-10-6-14-13(8-12(3)19(14)21)17-11(2)9-16-18(15(17)7-10)20(16,4)5/h8,10-11,13-18H,6-7,9H2,1-5H3/t10-,11+,13+,14-,15+,16+,17+,18-/m0/s1. The Labute approximate surface area is 129 Å². The lowest BCUT2D eigenvalue weighted by atomic mass is 9.65. The van der Waals surface area contributed by atoms with Crippen LogP contribution in [0.4, 0.5) is 0 Å². The smallest absolute Gasteiger partial charge is 0.161 e. The number of carbonyl (C=O) groups excluding carboxylic acids is 1. The van der Waals surface area contributed by atoms with Gasteiger partial charge in [-0.25, -0.2) is 0 Å². The summed E-state index contributed by atoms with van der Waals surface area (Å²) in [4.78, 5) is 12.6. The van der Waals surface area contributed by atoms with Crippen molar-refractivity contribution in [3.05, 3.63) is 11.6 Å². The molecule has 0 amide bonds. The lowest BCUT2D eigenvalue weighted by Crippen LogP contribution is -2.35. The average molecular weight is 286 g/mol. The molecule has 0 aromatic rings. The van der Waals surface area contributed by atoms with E-state index in [1.165, 1.54) is 12.8 Å². The molecule has 0 bridgehead atoms. The van der Waals surface area contributed by atoms with Gasteiger partial charge in [0.2, 0.25) is 0 Å². The number of fused-ring (bicyclic) bond motifs is 5. The van der Waals surface area contributed by atoms with Crippen LogP contribution in [-0.2, 0) is 4.79 Å². The fourth-order valence-electron chi connectivity index (χ4n) is 6.87. The van der Waals surface area contributed by atoms with Gasteiger partial charge in [-0.3, -0.25) is 4.79 Å². The minimum atomic E-state index is 0.316. The highest BCUT2D eigenvalue weighted by atomic mass is 16.1. The molecule has 3 saturated carbocycles. The number of hydrogen-bond acceptors (Lipinski definition) is 1. The Morgan fingerprint density at radius 1 is 1.14 bits per heavy atom. The Morgan fingerprint density at radius 2 is 1.86 bits per heavy atom. The number of rotatable bonds is 0. The van der Waals surface area contributed by atoms with E-state index in [4.69, 9.17) is 0 Å². The predicted octanol–water partition coefficient (Wildman–Crippen LogP) is 4.72. The van der Waals surface area contributed by atoms with Crippen molar-refractivity contribution in [2.45, 2.75) is 53.9 Å². The molecule has 0 N–H and O–H groups in total. The van der Waals surface area contributed by atoms with Gasteiger partial charge in [0.25, 0.3) is 0 Å². The van der Waals surface area contributed by atoms with Crippen LogP contribution in [0.1, 0.15) is 53.9 Å². The highest BCUT2D eigenvalue weighted by Crippen LogP contribution is 2.72. The van der Waals surface area contributed by atoms with E-state index >= 15 is 0 Å². The Kier molecular flexibility index (Phi) is 2.83. The highest BCUT2D eigenvalue weighted by Gasteiger charge is 2.66. The van der Waals surface area contributed by atoms with Crippen LogP contribution in [0.5, 0.6) is 0 Å². The first-order valence-electron chi connectivity index (χ1n) is 9.05. The molecule has 116 valence electrons. The van der Waals surface area contributed by atoms with Gasteiger partial charge < -0.3 is 0 Å². The van der Waals surface area contributed by atoms with Crippen LogP contribution in [0.2, 0.25) is 0 Å². The first-order valence-corrected chi connectivity index (χ1v) is 9.05. The molecule has 4 aliphatic carbocycles. The van der Waals surface area contributed by atoms with Gasteiger partial charge in [-0.1, -0.05) is 33.8 Å². The Morgan fingerprint density at radius 3 is 2.57 bits per heavy atom. The number of hydrogen-bond donors (Lipinski definition) is 0. The number of ketones is 1. The molecule has 0 aliphatic heterocycles. The summed E-state index contributed by atoms with van der Waals surface area (Å²) >= 11 is 0. The third-order valence-corrected chi connectivity index (χ3v) is 7.79. The van der Waals surface area contributed by atoms with Gasteiger partial charge in [-0.2, -0.15) is 0 Å². The third-order valence-electron chi connectivity index (χ3n) is 7.79. The molecule has 21 heavy (non-hydrogen) atoms. The summed E-state index contributed by atoms with van der Waals surface area (Å²) in [6, 6.07) is 0. The largest absolute Gasteiger partial charge is 0.294 e. The quantitative estimate of drug-likeness (QED) is 0.629. The Bertz CT molecular complexity index is 514. The number of allylic oxidation sites excluding steroid dienone is 2. The van der Waals surface area contributed by atoms with Crippen LogP contribution in [0.25, 0.3) is 0 Å². The summed E-state index contributed by atoms with van der Waals surface area (Å²) in [6.45, 7) is 11.9. The molecule has 1 nitrogen and oxygen atoms in total. The molecule has 0 radical (unpaired) electrons. The molecular formula is C20H30O. The van der Waals surface area contributed by atoms with Gasteiger partial charge in [0, 0.05) is 5.92 Å². The van der Waals surface area contributed by atoms with Gasteiger partial charge in [0.1, 0.15) is 0 Å². The SMILES string of the molecule is CC1=C[C@H]2[C@@H]3[C@@H](C[C@@H](C)C[C@@H]2C1=O)[C@H]1[C@@H](C[C@H]3C)C1(C)C. The van der Waals surface area contributed by atoms with Crippen LogP contribution >= 0.6 is 0 Å². The van der Waals surface area contributed by atoms with Gasteiger partial charge in [-0.05, 0) is 78.6 Å². The first-order chi connectivity index (χ1) is 9.82. The zero-order valence-corrected chi connectivity index (χ0v) is 14.2. The molecule has 0 aromatic carbocycles. The second kappa shape index (κ2) is 4.24. The molecule has 0 aromatic heterocycles. The zero-order valence-electron chi connectivity index (χ0n) is 14.2. The minimum Gasteiger partial charge on any atom is -0.294 e. The molecule has 0 heterocycles. The van der Waals surface area contributed by atoms with Crippen molar-refractivity contribution in [1.29, 1.82) is 0 Å². The fourth-order valence-corrected chi connectivity index (χ4v) is 6.87. The average Bonchev–Trinajstić information content (AvgIpc) is 2.88. The maximum atomic E-state index is 12.6. The van der Waals surface area contributed by atoms with Crippen LogP contribution < -0.4 is 0 Å². The predicted molar refractivity (Wildman–Crippen MR) is 85.7 cm³/mol. The molecule has 1 heteroatoms. The zero-order chi connectivity index (χ0) is 15.1. The molecule has 0 spiro atoms. The Balaban J connectivity index is 1.74. The van der Waals surface area contributed by atoms with Gasteiger partial charge in [0.15, 0.2) is 5.78 Å². The molecule has 4 rings (SSSR count). The van der Waals surface area contributed by atoms with Gasteiger partial charge in [-0.15, -0.1) is 0 Å². The van der Waals surface area contributed by atoms with E-state index in [2.05, 4.69) is 33.8 Å². The summed E-state index contributed by atoms with van der Waals surface area (Å²) < 4.78 is 0. The van der Waals surface area contributed by atoms with Crippen molar-refractivity contribution in [3.63, 3.8) is 0 Å². The lowest BCUT2D eigenvalue weighted by Gasteiger charge is -2.39. The molecule has 3 fully saturated rings. The second-order valence-electron chi connectivity index (χ2n) is 9.38. The summed E-state index contributed by atoms with van der Waals surface area (Å²) in [6.07, 6.45) is 6.27. The lowest BCUT2D eigenvalue weighted by molar-refractivity contribution is -0.120. The summed E-state index contributed by atoms with van der Waals surface area (Å²) in [5.74, 6) is 6.39. The van der Waals surface area contributed by atoms with E-state index in [0.29, 0.717) is 23.0 Å². The normalized spacial score (nSPS) is 54.1. The van der Waals surface area contributed by atoms with Crippen LogP contribution in [-0.4, -0.2) is 5.78 Å². The first kappa shape index (κ1) is 14.0. The maximum absolute atomic E-state index is 12.6.